The Balaban J connectivity index is 1.32. The van der Waals surface area contributed by atoms with E-state index in [1.165, 1.54) is 0 Å². The van der Waals surface area contributed by atoms with E-state index in [2.05, 4.69) is 15.3 Å². The van der Waals surface area contributed by atoms with Crippen molar-refractivity contribution in [3.8, 4) is 11.3 Å². The van der Waals surface area contributed by atoms with Gasteiger partial charge in [-0.25, -0.2) is 4.68 Å². The highest BCUT2D eigenvalue weighted by atomic mass is 16.2. The number of carbonyl (C=O) groups is 1. The average molecular weight is 357 g/mol. The Hall–Kier alpha value is -3.41. The Morgan fingerprint density at radius 2 is 1.89 bits per heavy atom. The fourth-order valence-corrected chi connectivity index (χ4v) is 3.70. The molecule has 134 valence electrons. The van der Waals surface area contributed by atoms with Crippen molar-refractivity contribution in [2.75, 3.05) is 13.1 Å². The van der Waals surface area contributed by atoms with Crippen molar-refractivity contribution in [3.63, 3.8) is 0 Å². The molecule has 0 aliphatic carbocycles. The van der Waals surface area contributed by atoms with Crippen molar-refractivity contribution in [1.29, 1.82) is 0 Å². The molecule has 5 rings (SSSR count). The minimum absolute atomic E-state index is 0.0390. The zero-order chi connectivity index (χ0) is 18.2. The Labute approximate surface area is 156 Å². The number of amides is 1. The SMILES string of the molecule is O=C(c1cc2ccccc2[nH]1)N1CCC(n2cc(-c3ccccc3)nn2)C1. The van der Waals surface area contributed by atoms with Gasteiger partial charge in [-0.05, 0) is 18.6 Å². The number of likely N-dealkylation sites (tertiary alicyclic amines) is 1. The first-order valence-electron chi connectivity index (χ1n) is 9.12. The predicted octanol–water partition coefficient (Wildman–Crippen LogP) is 3.51. The molecule has 6 heteroatoms. The predicted molar refractivity (Wildman–Crippen MR) is 103 cm³/mol. The van der Waals surface area contributed by atoms with Crippen LogP contribution in [0.25, 0.3) is 22.2 Å². The van der Waals surface area contributed by atoms with Gasteiger partial charge in [0, 0.05) is 29.6 Å². The van der Waals surface area contributed by atoms with Gasteiger partial charge in [-0.1, -0.05) is 53.7 Å². The van der Waals surface area contributed by atoms with E-state index in [-0.39, 0.29) is 11.9 Å². The molecule has 3 heterocycles. The van der Waals surface area contributed by atoms with Crippen molar-refractivity contribution in [2.24, 2.45) is 0 Å². The lowest BCUT2D eigenvalue weighted by molar-refractivity contribution is 0.0782. The van der Waals surface area contributed by atoms with Crippen LogP contribution >= 0.6 is 0 Å². The fraction of sp³-hybridized carbons (Fsp3) is 0.190. The zero-order valence-corrected chi connectivity index (χ0v) is 14.7. The van der Waals surface area contributed by atoms with E-state index in [4.69, 9.17) is 0 Å². The van der Waals surface area contributed by atoms with Crippen LogP contribution in [0.3, 0.4) is 0 Å². The van der Waals surface area contributed by atoms with E-state index in [0.717, 1.165) is 35.1 Å². The molecule has 1 amide bonds. The van der Waals surface area contributed by atoms with Gasteiger partial charge < -0.3 is 9.88 Å². The Morgan fingerprint density at radius 3 is 2.74 bits per heavy atom. The molecule has 1 aliphatic heterocycles. The van der Waals surface area contributed by atoms with Crippen LogP contribution in [0.5, 0.6) is 0 Å². The summed E-state index contributed by atoms with van der Waals surface area (Å²) in [4.78, 5) is 18.0. The summed E-state index contributed by atoms with van der Waals surface area (Å²) in [5.74, 6) is 0.0390. The van der Waals surface area contributed by atoms with Gasteiger partial charge in [0.2, 0.25) is 0 Å². The third-order valence-corrected chi connectivity index (χ3v) is 5.16. The normalized spacial score (nSPS) is 16.9. The molecule has 0 saturated carbocycles. The van der Waals surface area contributed by atoms with Crippen molar-refractivity contribution in [2.45, 2.75) is 12.5 Å². The van der Waals surface area contributed by atoms with E-state index in [9.17, 15) is 4.79 Å². The number of para-hydroxylation sites is 1. The van der Waals surface area contributed by atoms with Crippen LogP contribution in [-0.4, -0.2) is 43.9 Å². The molecule has 1 unspecified atom stereocenters. The van der Waals surface area contributed by atoms with Crippen LogP contribution in [0.1, 0.15) is 23.0 Å². The summed E-state index contributed by atoms with van der Waals surface area (Å²) in [5, 5.41) is 9.64. The maximum absolute atomic E-state index is 12.9. The van der Waals surface area contributed by atoms with Crippen molar-refractivity contribution < 1.29 is 4.79 Å². The molecule has 1 fully saturated rings. The maximum atomic E-state index is 12.9. The number of benzene rings is 2. The highest BCUT2D eigenvalue weighted by molar-refractivity contribution is 5.98. The minimum Gasteiger partial charge on any atom is -0.351 e. The van der Waals surface area contributed by atoms with Crippen LogP contribution in [-0.2, 0) is 0 Å². The number of rotatable bonds is 3. The highest BCUT2D eigenvalue weighted by Crippen LogP contribution is 2.25. The molecule has 1 saturated heterocycles. The third-order valence-electron chi connectivity index (χ3n) is 5.16. The topological polar surface area (TPSA) is 66.8 Å². The largest absolute Gasteiger partial charge is 0.351 e. The number of nitrogens with zero attached hydrogens (tertiary/aromatic N) is 4. The van der Waals surface area contributed by atoms with Crippen LogP contribution < -0.4 is 0 Å². The van der Waals surface area contributed by atoms with E-state index < -0.39 is 0 Å². The van der Waals surface area contributed by atoms with Crippen molar-refractivity contribution in [3.05, 3.63) is 72.6 Å². The third kappa shape index (κ3) is 2.89. The minimum atomic E-state index is 0.0390. The van der Waals surface area contributed by atoms with Crippen LogP contribution in [0.15, 0.2) is 66.9 Å². The summed E-state index contributed by atoms with van der Waals surface area (Å²) >= 11 is 0. The zero-order valence-electron chi connectivity index (χ0n) is 14.7. The molecule has 6 nitrogen and oxygen atoms in total. The number of aromatic nitrogens is 4. The van der Waals surface area contributed by atoms with Gasteiger partial charge in [0.05, 0.1) is 12.2 Å². The molecule has 1 atom stereocenters. The number of hydrogen-bond donors (Lipinski definition) is 1. The lowest BCUT2D eigenvalue weighted by Gasteiger charge is -2.15. The standard InChI is InChI=1S/C21H19N5O/c27-21(19-12-16-8-4-5-9-18(16)22-19)25-11-10-17(13-25)26-14-20(23-24-26)15-6-2-1-3-7-15/h1-9,12,14,17,22H,10-11,13H2. The lowest BCUT2D eigenvalue weighted by atomic mass is 10.2. The molecule has 1 aliphatic rings. The van der Waals surface area contributed by atoms with Gasteiger partial charge in [-0.15, -0.1) is 5.10 Å². The monoisotopic (exact) mass is 357 g/mol. The molecule has 2 aromatic carbocycles. The summed E-state index contributed by atoms with van der Waals surface area (Å²) in [6, 6.07) is 20.0. The second-order valence-electron chi connectivity index (χ2n) is 6.91. The van der Waals surface area contributed by atoms with E-state index in [1.807, 2.05) is 76.4 Å². The first-order chi connectivity index (χ1) is 13.3. The first-order valence-corrected chi connectivity index (χ1v) is 9.12. The molecule has 27 heavy (non-hydrogen) atoms. The van der Waals surface area contributed by atoms with E-state index in [1.54, 1.807) is 0 Å². The Bertz CT molecular complexity index is 1060. The summed E-state index contributed by atoms with van der Waals surface area (Å²) in [5.41, 5.74) is 3.53. The van der Waals surface area contributed by atoms with Gasteiger partial charge in [-0.2, -0.15) is 0 Å². The number of H-pyrrole nitrogens is 1. The summed E-state index contributed by atoms with van der Waals surface area (Å²) in [6.07, 6.45) is 2.85. The first kappa shape index (κ1) is 15.8. The molecular weight excluding hydrogens is 338 g/mol. The van der Waals surface area contributed by atoms with Crippen LogP contribution in [0.2, 0.25) is 0 Å². The van der Waals surface area contributed by atoms with Gasteiger partial charge in [0.15, 0.2) is 0 Å². The highest BCUT2D eigenvalue weighted by Gasteiger charge is 2.29. The second kappa shape index (κ2) is 6.39. The molecule has 0 spiro atoms. The number of fused-ring (bicyclic) bond motifs is 1. The quantitative estimate of drug-likeness (QED) is 0.610. The lowest BCUT2D eigenvalue weighted by Crippen LogP contribution is -2.29. The molecule has 4 aromatic rings. The fourth-order valence-electron chi connectivity index (χ4n) is 3.70. The molecule has 0 bridgehead atoms. The summed E-state index contributed by atoms with van der Waals surface area (Å²) < 4.78 is 1.89. The number of hydrogen-bond acceptors (Lipinski definition) is 3. The van der Waals surface area contributed by atoms with E-state index >= 15 is 0 Å². The summed E-state index contributed by atoms with van der Waals surface area (Å²) in [7, 11) is 0. The van der Waals surface area contributed by atoms with Gasteiger partial charge in [-0.3, -0.25) is 4.79 Å². The molecule has 2 aromatic heterocycles. The molecule has 0 radical (unpaired) electrons. The van der Waals surface area contributed by atoms with Gasteiger partial charge in [0.25, 0.3) is 5.91 Å². The Kier molecular flexibility index (Phi) is 3.74. The van der Waals surface area contributed by atoms with Crippen molar-refractivity contribution >= 4 is 16.8 Å². The number of carbonyl (C=O) groups excluding carboxylic acids is 1. The summed E-state index contributed by atoms with van der Waals surface area (Å²) in [6.45, 7) is 1.37. The van der Waals surface area contributed by atoms with Crippen molar-refractivity contribution in [1.82, 2.24) is 24.9 Å². The van der Waals surface area contributed by atoms with Gasteiger partial charge >= 0.3 is 0 Å². The Morgan fingerprint density at radius 1 is 1.07 bits per heavy atom. The number of aromatic amines is 1. The molecular formula is C21H19N5O. The van der Waals surface area contributed by atoms with Gasteiger partial charge in [0.1, 0.15) is 11.4 Å². The molecule has 1 N–H and O–H groups in total. The maximum Gasteiger partial charge on any atom is 0.270 e. The van der Waals surface area contributed by atoms with Crippen LogP contribution in [0.4, 0.5) is 0 Å². The smallest absolute Gasteiger partial charge is 0.270 e. The second-order valence-corrected chi connectivity index (χ2v) is 6.91. The number of nitrogens with one attached hydrogen (secondary N) is 1. The van der Waals surface area contributed by atoms with Crippen LogP contribution in [0, 0.1) is 0 Å². The van der Waals surface area contributed by atoms with E-state index in [0.29, 0.717) is 12.2 Å². The average Bonchev–Trinajstić information content (AvgIpc) is 3.46.